The zero-order chi connectivity index (χ0) is 20.1. The van der Waals surface area contributed by atoms with Gasteiger partial charge in [-0.2, -0.15) is 4.72 Å². The first-order chi connectivity index (χ1) is 13.4. The van der Waals surface area contributed by atoms with Gasteiger partial charge in [0.2, 0.25) is 15.9 Å². The summed E-state index contributed by atoms with van der Waals surface area (Å²) in [6.07, 6.45) is 0.332. The summed E-state index contributed by atoms with van der Waals surface area (Å²) in [5, 5.41) is 0. The third kappa shape index (κ3) is 4.69. The van der Waals surface area contributed by atoms with Crippen LogP contribution in [0.15, 0.2) is 59.5 Å². The molecular formula is C20H24FN3O3S. The van der Waals surface area contributed by atoms with Gasteiger partial charge in [0.15, 0.2) is 0 Å². The quantitative estimate of drug-likeness (QED) is 0.800. The second-order valence-electron chi connectivity index (χ2n) is 6.68. The van der Waals surface area contributed by atoms with Gasteiger partial charge in [-0.1, -0.05) is 25.1 Å². The minimum absolute atomic E-state index is 0.0611. The van der Waals surface area contributed by atoms with Crippen LogP contribution in [-0.2, 0) is 14.8 Å². The summed E-state index contributed by atoms with van der Waals surface area (Å²) in [6.45, 7) is 4.20. The third-order valence-electron chi connectivity index (χ3n) is 4.84. The molecule has 0 radical (unpaired) electrons. The Balaban J connectivity index is 1.63. The second-order valence-corrected chi connectivity index (χ2v) is 8.40. The van der Waals surface area contributed by atoms with Crippen molar-refractivity contribution >= 4 is 21.6 Å². The van der Waals surface area contributed by atoms with Gasteiger partial charge in [0.05, 0.1) is 4.90 Å². The molecular weight excluding hydrogens is 381 g/mol. The van der Waals surface area contributed by atoms with Crippen molar-refractivity contribution < 1.29 is 17.6 Å². The molecule has 0 aromatic heterocycles. The topological polar surface area (TPSA) is 69.7 Å². The molecule has 0 aliphatic carbocycles. The van der Waals surface area contributed by atoms with Crippen LogP contribution in [0.1, 0.15) is 13.3 Å². The highest BCUT2D eigenvalue weighted by molar-refractivity contribution is 7.89. The van der Waals surface area contributed by atoms with Crippen molar-refractivity contribution in [3.05, 3.63) is 60.4 Å². The molecule has 1 heterocycles. The van der Waals surface area contributed by atoms with Crippen LogP contribution in [0, 0.1) is 5.82 Å². The van der Waals surface area contributed by atoms with Crippen molar-refractivity contribution in [1.82, 2.24) is 9.62 Å². The monoisotopic (exact) mass is 405 g/mol. The van der Waals surface area contributed by atoms with Crippen molar-refractivity contribution in [2.75, 3.05) is 31.1 Å². The summed E-state index contributed by atoms with van der Waals surface area (Å²) in [6, 6.07) is 13.7. The number of sulfonamides is 1. The summed E-state index contributed by atoms with van der Waals surface area (Å²) in [4.78, 5) is 16.7. The Bertz CT molecular complexity index is 896. The number of para-hydroxylation sites is 1. The number of hydrogen-bond acceptors (Lipinski definition) is 4. The Morgan fingerprint density at radius 1 is 1.04 bits per heavy atom. The Labute approximate surface area is 165 Å². The SMILES string of the molecule is CCC(NS(=O)(=O)c1ccc(F)cc1)C(=O)N1CCN(c2ccccc2)CC1. The molecule has 3 rings (SSSR count). The molecule has 1 atom stereocenters. The average Bonchev–Trinajstić information content (AvgIpc) is 2.72. The molecule has 0 saturated carbocycles. The molecule has 1 aliphatic heterocycles. The van der Waals surface area contributed by atoms with Crippen LogP contribution in [0.3, 0.4) is 0 Å². The van der Waals surface area contributed by atoms with Gasteiger partial charge in [0.1, 0.15) is 11.9 Å². The number of rotatable bonds is 6. The minimum atomic E-state index is -3.90. The lowest BCUT2D eigenvalue weighted by Crippen LogP contribution is -2.54. The lowest BCUT2D eigenvalue weighted by atomic mass is 10.2. The van der Waals surface area contributed by atoms with E-state index >= 15 is 0 Å². The van der Waals surface area contributed by atoms with Crippen molar-refractivity contribution in [3.8, 4) is 0 Å². The van der Waals surface area contributed by atoms with E-state index in [0.29, 0.717) is 32.6 Å². The van der Waals surface area contributed by atoms with E-state index < -0.39 is 21.9 Å². The third-order valence-corrected chi connectivity index (χ3v) is 6.33. The predicted molar refractivity (Wildman–Crippen MR) is 106 cm³/mol. The van der Waals surface area contributed by atoms with Crippen LogP contribution < -0.4 is 9.62 Å². The normalized spacial score (nSPS) is 16.1. The molecule has 0 spiro atoms. The van der Waals surface area contributed by atoms with E-state index in [9.17, 15) is 17.6 Å². The van der Waals surface area contributed by atoms with Gasteiger partial charge >= 0.3 is 0 Å². The maximum absolute atomic E-state index is 13.0. The van der Waals surface area contributed by atoms with Crippen LogP contribution in [0.2, 0.25) is 0 Å². The van der Waals surface area contributed by atoms with Crippen LogP contribution in [0.4, 0.5) is 10.1 Å². The summed E-state index contributed by atoms with van der Waals surface area (Å²) < 4.78 is 40.6. The van der Waals surface area contributed by atoms with Crippen molar-refractivity contribution in [3.63, 3.8) is 0 Å². The number of piperazine rings is 1. The summed E-state index contributed by atoms with van der Waals surface area (Å²) in [5.74, 6) is -0.751. The molecule has 8 heteroatoms. The number of hydrogen-bond donors (Lipinski definition) is 1. The first kappa shape index (κ1) is 20.3. The number of nitrogens with zero attached hydrogens (tertiary/aromatic N) is 2. The Hall–Kier alpha value is -2.45. The highest BCUT2D eigenvalue weighted by Crippen LogP contribution is 2.17. The van der Waals surface area contributed by atoms with Crippen molar-refractivity contribution in [2.24, 2.45) is 0 Å². The van der Waals surface area contributed by atoms with E-state index in [1.807, 2.05) is 30.3 Å². The van der Waals surface area contributed by atoms with Gasteiger partial charge in [0.25, 0.3) is 0 Å². The standard InChI is InChI=1S/C20H24FN3O3S/c1-2-19(22-28(26,27)18-10-8-16(21)9-11-18)20(25)24-14-12-23(13-15-24)17-6-4-3-5-7-17/h3-11,19,22H,2,12-15H2,1H3. The highest BCUT2D eigenvalue weighted by atomic mass is 32.2. The van der Waals surface area contributed by atoms with E-state index in [1.165, 1.54) is 12.1 Å². The van der Waals surface area contributed by atoms with Gasteiger partial charge in [-0.05, 0) is 42.8 Å². The number of carbonyl (C=O) groups is 1. The zero-order valence-electron chi connectivity index (χ0n) is 15.7. The predicted octanol–water partition coefficient (Wildman–Crippen LogP) is 2.23. The first-order valence-electron chi connectivity index (χ1n) is 9.27. The van der Waals surface area contributed by atoms with E-state index in [4.69, 9.17) is 0 Å². The number of amides is 1. The molecule has 1 fully saturated rings. The molecule has 1 saturated heterocycles. The number of anilines is 1. The average molecular weight is 405 g/mol. The molecule has 1 unspecified atom stereocenters. The molecule has 2 aromatic carbocycles. The summed E-state index contributed by atoms with van der Waals surface area (Å²) in [5.41, 5.74) is 1.11. The lowest BCUT2D eigenvalue weighted by Gasteiger charge is -2.37. The van der Waals surface area contributed by atoms with Gasteiger partial charge in [-0.25, -0.2) is 12.8 Å². The second kappa shape index (κ2) is 8.70. The molecule has 2 aromatic rings. The fraction of sp³-hybridized carbons (Fsp3) is 0.350. The number of carbonyl (C=O) groups excluding carboxylic acids is 1. The highest BCUT2D eigenvalue weighted by Gasteiger charge is 2.30. The maximum Gasteiger partial charge on any atom is 0.241 e. The number of halogens is 1. The molecule has 6 nitrogen and oxygen atoms in total. The molecule has 1 N–H and O–H groups in total. The Kier molecular flexibility index (Phi) is 6.31. The number of benzene rings is 2. The van der Waals surface area contributed by atoms with E-state index in [1.54, 1.807) is 11.8 Å². The number of nitrogens with one attached hydrogen (secondary N) is 1. The van der Waals surface area contributed by atoms with Crippen molar-refractivity contribution in [1.29, 1.82) is 0 Å². The molecule has 150 valence electrons. The van der Waals surface area contributed by atoms with Gasteiger partial charge in [-0.15, -0.1) is 0 Å². The molecule has 0 bridgehead atoms. The van der Waals surface area contributed by atoms with Crippen molar-refractivity contribution in [2.45, 2.75) is 24.3 Å². The summed E-state index contributed by atoms with van der Waals surface area (Å²) in [7, 11) is -3.90. The van der Waals surface area contributed by atoms with Gasteiger partial charge < -0.3 is 9.80 Å². The van der Waals surface area contributed by atoms with Crippen LogP contribution in [-0.4, -0.2) is 51.4 Å². The molecule has 1 amide bonds. The minimum Gasteiger partial charge on any atom is -0.368 e. The molecule has 1 aliphatic rings. The van der Waals surface area contributed by atoms with Gasteiger partial charge in [-0.3, -0.25) is 4.79 Å². The van der Waals surface area contributed by atoms with Gasteiger partial charge in [0, 0.05) is 31.9 Å². The maximum atomic E-state index is 13.0. The van der Waals surface area contributed by atoms with Crippen LogP contribution in [0.25, 0.3) is 0 Å². The lowest BCUT2D eigenvalue weighted by molar-refractivity contribution is -0.133. The smallest absolute Gasteiger partial charge is 0.241 e. The summed E-state index contributed by atoms with van der Waals surface area (Å²) >= 11 is 0. The van der Waals surface area contributed by atoms with E-state index in [0.717, 1.165) is 17.8 Å². The fourth-order valence-corrected chi connectivity index (χ4v) is 4.49. The molecule has 28 heavy (non-hydrogen) atoms. The van der Waals surface area contributed by atoms with E-state index in [2.05, 4.69) is 9.62 Å². The van der Waals surface area contributed by atoms with E-state index in [-0.39, 0.29) is 10.8 Å². The van der Waals surface area contributed by atoms with Crippen LogP contribution >= 0.6 is 0 Å². The zero-order valence-corrected chi connectivity index (χ0v) is 16.5. The van der Waals surface area contributed by atoms with Crippen LogP contribution in [0.5, 0.6) is 0 Å². The Morgan fingerprint density at radius 3 is 2.21 bits per heavy atom. The first-order valence-corrected chi connectivity index (χ1v) is 10.8. The fourth-order valence-electron chi connectivity index (χ4n) is 3.22. The Morgan fingerprint density at radius 2 is 1.64 bits per heavy atom. The largest absolute Gasteiger partial charge is 0.368 e.